The molecule has 0 saturated carbocycles. The molecule has 2 nitrogen and oxygen atoms in total. The smallest absolute Gasteiger partial charge is 0.370 e. The first kappa shape index (κ1) is 17.3. The Kier molecular flexibility index (Phi) is 4.32. The summed E-state index contributed by atoms with van der Waals surface area (Å²) in [6, 6.07) is 5.42. The van der Waals surface area contributed by atoms with E-state index in [9.17, 15) is 31.4 Å². The predicted octanol–water partition coefficient (Wildman–Crippen LogP) is 2.75. The summed E-state index contributed by atoms with van der Waals surface area (Å²) in [5.74, 6) is 2.16. The summed E-state index contributed by atoms with van der Waals surface area (Å²) >= 11 is 0. The van der Waals surface area contributed by atoms with Crippen LogP contribution in [0.25, 0.3) is 0 Å². The van der Waals surface area contributed by atoms with Crippen LogP contribution < -0.4 is 0 Å². The summed E-state index contributed by atoms with van der Waals surface area (Å²) in [5, 5.41) is 18.7. The molecular formula is C13H10F6O2. The summed E-state index contributed by atoms with van der Waals surface area (Å²) in [5.41, 5.74) is -8.24. The Bertz CT molecular complexity index is 550. The van der Waals surface area contributed by atoms with Crippen molar-refractivity contribution in [2.45, 2.75) is 30.5 Å². The van der Waals surface area contributed by atoms with Gasteiger partial charge in [0, 0.05) is 5.56 Å². The molecule has 0 aliphatic rings. The van der Waals surface area contributed by atoms with Crippen LogP contribution in [-0.2, 0) is 5.60 Å². The zero-order chi connectivity index (χ0) is 16.5. The van der Waals surface area contributed by atoms with Crippen LogP contribution in [0.15, 0.2) is 30.3 Å². The van der Waals surface area contributed by atoms with Crippen LogP contribution in [0.3, 0.4) is 0 Å². The minimum absolute atomic E-state index is 0.196. The van der Waals surface area contributed by atoms with Crippen molar-refractivity contribution in [2.75, 3.05) is 0 Å². The first-order valence-electron chi connectivity index (χ1n) is 5.49. The Balaban J connectivity index is 3.39. The average Bonchev–Trinajstić information content (AvgIpc) is 2.34. The Morgan fingerprint density at radius 2 is 1.29 bits per heavy atom. The van der Waals surface area contributed by atoms with Crippen molar-refractivity contribution >= 4 is 0 Å². The van der Waals surface area contributed by atoms with E-state index in [4.69, 9.17) is 5.11 Å². The summed E-state index contributed by atoms with van der Waals surface area (Å²) in [7, 11) is 0. The zero-order valence-corrected chi connectivity index (χ0v) is 10.5. The van der Waals surface area contributed by atoms with Gasteiger partial charge in [-0.1, -0.05) is 42.2 Å². The maximum atomic E-state index is 12.9. The third kappa shape index (κ3) is 3.49. The lowest BCUT2D eigenvalue weighted by atomic mass is 9.92. The Hall–Kier alpha value is -1.72. The fraction of sp³-hybridized carbons (Fsp3) is 0.385. The van der Waals surface area contributed by atoms with E-state index in [0.717, 1.165) is 36.1 Å². The summed E-state index contributed by atoms with van der Waals surface area (Å²) in [6.07, 6.45) is -10.6. The van der Waals surface area contributed by atoms with Gasteiger partial charge < -0.3 is 10.2 Å². The van der Waals surface area contributed by atoms with Gasteiger partial charge >= 0.3 is 12.4 Å². The van der Waals surface area contributed by atoms with Gasteiger partial charge in [-0.05, 0) is 6.92 Å². The van der Waals surface area contributed by atoms with Gasteiger partial charge in [0.15, 0.2) is 0 Å². The third-order valence-corrected chi connectivity index (χ3v) is 2.64. The van der Waals surface area contributed by atoms with Crippen LogP contribution in [0, 0.1) is 11.8 Å². The van der Waals surface area contributed by atoms with Crippen molar-refractivity contribution in [1.29, 1.82) is 0 Å². The van der Waals surface area contributed by atoms with Gasteiger partial charge in [-0.2, -0.15) is 26.3 Å². The molecule has 116 valence electrons. The van der Waals surface area contributed by atoms with Crippen LogP contribution in [0.4, 0.5) is 26.3 Å². The van der Waals surface area contributed by atoms with Crippen LogP contribution in [0.1, 0.15) is 12.5 Å². The molecule has 21 heavy (non-hydrogen) atoms. The summed E-state index contributed by atoms with van der Waals surface area (Å²) in [4.78, 5) is 0. The number of halogens is 6. The molecule has 0 unspecified atom stereocenters. The van der Waals surface area contributed by atoms with Gasteiger partial charge in [0.2, 0.25) is 11.2 Å². The Labute approximate surface area is 116 Å². The van der Waals surface area contributed by atoms with Crippen LogP contribution in [0.2, 0.25) is 0 Å². The minimum atomic E-state index is -5.34. The van der Waals surface area contributed by atoms with Gasteiger partial charge in [-0.15, -0.1) is 0 Å². The highest BCUT2D eigenvalue weighted by Gasteiger charge is 2.55. The molecule has 1 aromatic rings. The Morgan fingerprint density at radius 3 is 1.67 bits per heavy atom. The molecule has 0 amide bonds. The SMILES string of the molecule is C[C@](O)(C#C[C@](O)(c1ccccc1)C(F)(F)F)C(F)(F)F. The molecule has 0 heterocycles. The second kappa shape index (κ2) is 5.24. The van der Waals surface area contributed by atoms with Crippen molar-refractivity contribution in [3.8, 4) is 11.8 Å². The van der Waals surface area contributed by atoms with E-state index in [-0.39, 0.29) is 6.92 Å². The molecule has 0 saturated heterocycles. The number of hydrogen-bond acceptors (Lipinski definition) is 2. The van der Waals surface area contributed by atoms with Crippen molar-refractivity contribution < 1.29 is 36.6 Å². The lowest BCUT2D eigenvalue weighted by molar-refractivity contribution is -0.242. The molecule has 0 aliphatic heterocycles. The number of hydrogen-bond donors (Lipinski definition) is 2. The molecule has 0 aromatic heterocycles. The minimum Gasteiger partial charge on any atom is -0.370 e. The van der Waals surface area contributed by atoms with E-state index >= 15 is 0 Å². The maximum Gasteiger partial charge on any atom is 0.433 e. The van der Waals surface area contributed by atoms with Crippen molar-refractivity contribution in [1.82, 2.24) is 0 Å². The first-order valence-corrected chi connectivity index (χ1v) is 5.49. The Morgan fingerprint density at radius 1 is 0.810 bits per heavy atom. The zero-order valence-electron chi connectivity index (χ0n) is 10.5. The van der Waals surface area contributed by atoms with E-state index < -0.39 is 29.1 Å². The molecule has 2 atom stereocenters. The van der Waals surface area contributed by atoms with E-state index in [1.165, 1.54) is 6.07 Å². The number of rotatable bonds is 1. The monoisotopic (exact) mass is 312 g/mol. The highest BCUT2D eigenvalue weighted by molar-refractivity contribution is 5.35. The molecule has 0 fully saturated rings. The van der Waals surface area contributed by atoms with E-state index in [1.54, 1.807) is 0 Å². The molecule has 1 rings (SSSR count). The average molecular weight is 312 g/mol. The molecule has 0 aliphatic carbocycles. The topological polar surface area (TPSA) is 40.5 Å². The fourth-order valence-corrected chi connectivity index (χ4v) is 1.27. The number of benzene rings is 1. The highest BCUT2D eigenvalue weighted by Crippen LogP contribution is 2.39. The van der Waals surface area contributed by atoms with Gasteiger partial charge in [0.1, 0.15) is 0 Å². The normalized spacial score (nSPS) is 18.1. The maximum absolute atomic E-state index is 12.9. The predicted molar refractivity (Wildman–Crippen MR) is 60.8 cm³/mol. The largest absolute Gasteiger partial charge is 0.433 e. The van der Waals surface area contributed by atoms with E-state index in [0.29, 0.717) is 0 Å². The van der Waals surface area contributed by atoms with Gasteiger partial charge in [-0.3, -0.25) is 0 Å². The molecule has 0 radical (unpaired) electrons. The van der Waals surface area contributed by atoms with Crippen molar-refractivity contribution in [3.63, 3.8) is 0 Å². The third-order valence-electron chi connectivity index (χ3n) is 2.64. The second-order valence-electron chi connectivity index (χ2n) is 4.39. The quantitative estimate of drug-likeness (QED) is 0.618. The van der Waals surface area contributed by atoms with E-state index in [1.807, 2.05) is 0 Å². The van der Waals surface area contributed by atoms with Crippen LogP contribution in [-0.4, -0.2) is 28.2 Å². The molecule has 2 N–H and O–H groups in total. The molecule has 8 heteroatoms. The first-order chi connectivity index (χ1) is 9.31. The van der Waals surface area contributed by atoms with Crippen LogP contribution in [0.5, 0.6) is 0 Å². The van der Waals surface area contributed by atoms with Gasteiger partial charge in [0.25, 0.3) is 0 Å². The van der Waals surface area contributed by atoms with Crippen molar-refractivity contribution in [3.05, 3.63) is 35.9 Å². The summed E-state index contributed by atoms with van der Waals surface area (Å²) in [6.45, 7) is 0.196. The molecule has 0 spiro atoms. The molecule has 1 aromatic carbocycles. The number of alkyl halides is 6. The number of aliphatic hydroxyl groups is 2. The van der Waals surface area contributed by atoms with Gasteiger partial charge in [0.05, 0.1) is 0 Å². The fourth-order valence-electron chi connectivity index (χ4n) is 1.27. The standard InChI is InChI=1S/C13H10F6O2/c1-10(20,12(14,15)16)7-8-11(21,13(17,18)19)9-5-3-2-4-6-9/h2-6,20-21H,1H3/t10-,11-/m0/s1. The lowest BCUT2D eigenvalue weighted by Gasteiger charge is -2.27. The second-order valence-corrected chi connectivity index (χ2v) is 4.39. The van der Waals surface area contributed by atoms with E-state index in [2.05, 4.69) is 0 Å². The lowest BCUT2D eigenvalue weighted by Crippen LogP contribution is -2.44. The highest BCUT2D eigenvalue weighted by atomic mass is 19.4. The molecule has 0 bridgehead atoms. The summed E-state index contributed by atoms with van der Waals surface area (Å²) < 4.78 is 76.0. The van der Waals surface area contributed by atoms with Gasteiger partial charge in [-0.25, -0.2) is 0 Å². The van der Waals surface area contributed by atoms with Crippen molar-refractivity contribution in [2.24, 2.45) is 0 Å². The molecular weight excluding hydrogens is 302 g/mol. The van der Waals surface area contributed by atoms with Crippen LogP contribution >= 0.6 is 0 Å².